The van der Waals surface area contributed by atoms with Gasteiger partial charge in [0, 0.05) is 37.7 Å². The van der Waals surface area contributed by atoms with Gasteiger partial charge in [0.05, 0.1) is 25.4 Å². The molecular formula is C19H28N6O3S. The van der Waals surface area contributed by atoms with Gasteiger partial charge < -0.3 is 15.0 Å². The molecule has 2 aromatic heterocycles. The average molecular weight is 421 g/mol. The smallest absolute Gasteiger partial charge is 0.239 e. The Labute approximate surface area is 175 Å². The molecule has 0 aliphatic heterocycles. The summed E-state index contributed by atoms with van der Waals surface area (Å²) in [6.45, 7) is 7.20. The molecule has 158 valence electrons. The standard InChI is InChI=1S/C19H28N6O3S/c1-5-24(12-16(26)21-14(2)3)17(27)13-29-19-23-22-18(25(19)10-11-28-4)15-6-8-20-9-7-15/h6-9,14H,5,10-13H2,1-4H3,(H,21,26). The van der Waals surface area contributed by atoms with Crippen LogP contribution in [0.3, 0.4) is 0 Å². The van der Waals surface area contributed by atoms with Gasteiger partial charge in [-0.3, -0.25) is 19.1 Å². The van der Waals surface area contributed by atoms with Crippen molar-refractivity contribution in [2.24, 2.45) is 0 Å². The summed E-state index contributed by atoms with van der Waals surface area (Å²) >= 11 is 1.30. The molecular weight excluding hydrogens is 392 g/mol. The maximum atomic E-state index is 12.6. The van der Waals surface area contributed by atoms with Crippen molar-refractivity contribution < 1.29 is 14.3 Å². The monoisotopic (exact) mass is 420 g/mol. The number of nitrogens with one attached hydrogen (secondary N) is 1. The van der Waals surface area contributed by atoms with E-state index in [9.17, 15) is 9.59 Å². The van der Waals surface area contributed by atoms with Gasteiger partial charge in [-0.2, -0.15) is 0 Å². The highest BCUT2D eigenvalue weighted by atomic mass is 32.2. The number of amides is 2. The number of likely N-dealkylation sites (N-methyl/N-ethyl adjacent to an activating group) is 1. The van der Waals surface area contributed by atoms with E-state index in [1.54, 1.807) is 19.5 Å². The van der Waals surface area contributed by atoms with Gasteiger partial charge in [0.1, 0.15) is 0 Å². The van der Waals surface area contributed by atoms with Gasteiger partial charge in [-0.15, -0.1) is 10.2 Å². The minimum atomic E-state index is -0.163. The number of aromatic nitrogens is 4. The zero-order chi connectivity index (χ0) is 21.2. The zero-order valence-electron chi connectivity index (χ0n) is 17.3. The van der Waals surface area contributed by atoms with Crippen molar-refractivity contribution in [1.29, 1.82) is 0 Å². The van der Waals surface area contributed by atoms with Crippen LogP contribution in [0.25, 0.3) is 11.4 Å². The lowest BCUT2D eigenvalue weighted by Crippen LogP contribution is -2.43. The van der Waals surface area contributed by atoms with Gasteiger partial charge in [0.15, 0.2) is 11.0 Å². The third-order valence-corrected chi connectivity index (χ3v) is 4.97. The van der Waals surface area contributed by atoms with E-state index in [2.05, 4.69) is 20.5 Å². The van der Waals surface area contributed by atoms with Crippen LogP contribution >= 0.6 is 11.8 Å². The maximum absolute atomic E-state index is 12.6. The SMILES string of the molecule is CCN(CC(=O)NC(C)C)C(=O)CSc1nnc(-c2ccncc2)n1CCOC. The molecule has 0 radical (unpaired) electrons. The minimum Gasteiger partial charge on any atom is -0.383 e. The molecule has 2 rings (SSSR count). The van der Waals surface area contributed by atoms with Crippen LogP contribution in [-0.4, -0.2) is 75.1 Å². The summed E-state index contributed by atoms with van der Waals surface area (Å²) in [5, 5.41) is 12.0. The Kier molecular flexibility index (Phi) is 9.07. The molecule has 9 nitrogen and oxygen atoms in total. The number of nitrogens with zero attached hydrogens (tertiary/aromatic N) is 5. The lowest BCUT2D eigenvalue weighted by molar-refractivity contribution is -0.134. The minimum absolute atomic E-state index is 0.0385. The van der Waals surface area contributed by atoms with E-state index in [-0.39, 0.29) is 30.2 Å². The van der Waals surface area contributed by atoms with E-state index in [4.69, 9.17) is 4.74 Å². The Morgan fingerprint density at radius 3 is 2.62 bits per heavy atom. The summed E-state index contributed by atoms with van der Waals surface area (Å²) in [6, 6.07) is 3.76. The first kappa shape index (κ1) is 22.8. The first-order valence-corrected chi connectivity index (χ1v) is 10.5. The molecule has 0 atom stereocenters. The lowest BCUT2D eigenvalue weighted by atomic mass is 10.2. The van der Waals surface area contributed by atoms with Gasteiger partial charge in [0.25, 0.3) is 0 Å². The maximum Gasteiger partial charge on any atom is 0.239 e. The van der Waals surface area contributed by atoms with Crippen LogP contribution in [0.5, 0.6) is 0 Å². The first-order chi connectivity index (χ1) is 14.0. The van der Waals surface area contributed by atoms with Crippen molar-refractivity contribution in [3.63, 3.8) is 0 Å². The van der Waals surface area contributed by atoms with Crippen LogP contribution < -0.4 is 5.32 Å². The number of hydrogen-bond acceptors (Lipinski definition) is 7. The number of hydrogen-bond donors (Lipinski definition) is 1. The van der Waals surface area contributed by atoms with Crippen molar-refractivity contribution in [1.82, 2.24) is 30.0 Å². The van der Waals surface area contributed by atoms with E-state index < -0.39 is 0 Å². The Balaban J connectivity index is 2.07. The van der Waals surface area contributed by atoms with E-state index in [1.165, 1.54) is 16.7 Å². The molecule has 2 amide bonds. The van der Waals surface area contributed by atoms with Crippen molar-refractivity contribution in [3.8, 4) is 11.4 Å². The number of carbonyl (C=O) groups is 2. The number of thioether (sulfide) groups is 1. The van der Waals surface area contributed by atoms with E-state index in [1.807, 2.05) is 37.5 Å². The third-order valence-electron chi connectivity index (χ3n) is 4.02. The number of carbonyl (C=O) groups excluding carboxylic acids is 2. The van der Waals surface area contributed by atoms with Crippen molar-refractivity contribution >= 4 is 23.6 Å². The summed E-state index contributed by atoms with van der Waals surface area (Å²) in [4.78, 5) is 30.1. The van der Waals surface area contributed by atoms with Crippen LogP contribution in [0.15, 0.2) is 29.7 Å². The molecule has 0 aromatic carbocycles. The predicted octanol–water partition coefficient (Wildman–Crippen LogP) is 1.45. The molecule has 0 saturated carbocycles. The van der Waals surface area contributed by atoms with Crippen LogP contribution in [0, 0.1) is 0 Å². The molecule has 1 N–H and O–H groups in total. The van der Waals surface area contributed by atoms with Crippen molar-refractivity contribution in [2.45, 2.75) is 38.5 Å². The highest BCUT2D eigenvalue weighted by molar-refractivity contribution is 7.99. The summed E-state index contributed by atoms with van der Waals surface area (Å²) in [6.07, 6.45) is 3.39. The molecule has 29 heavy (non-hydrogen) atoms. The second-order valence-corrected chi connectivity index (χ2v) is 7.55. The molecule has 0 unspecified atom stereocenters. The normalized spacial score (nSPS) is 10.9. The Bertz CT molecular complexity index is 796. The first-order valence-electron chi connectivity index (χ1n) is 9.48. The third kappa shape index (κ3) is 6.82. The summed E-state index contributed by atoms with van der Waals surface area (Å²) in [7, 11) is 1.63. The number of pyridine rings is 1. The molecule has 2 aromatic rings. The summed E-state index contributed by atoms with van der Waals surface area (Å²) in [5.74, 6) is 0.583. The highest BCUT2D eigenvalue weighted by Crippen LogP contribution is 2.23. The lowest BCUT2D eigenvalue weighted by Gasteiger charge is -2.21. The summed E-state index contributed by atoms with van der Waals surface area (Å²) < 4.78 is 7.13. The second kappa shape index (κ2) is 11.5. The average Bonchev–Trinajstić information content (AvgIpc) is 3.11. The largest absolute Gasteiger partial charge is 0.383 e. The number of ether oxygens (including phenoxy) is 1. The molecule has 2 heterocycles. The Morgan fingerprint density at radius 1 is 1.28 bits per heavy atom. The molecule has 0 saturated heterocycles. The van der Waals surface area contributed by atoms with Crippen molar-refractivity contribution in [3.05, 3.63) is 24.5 Å². The van der Waals surface area contributed by atoms with Gasteiger partial charge in [-0.1, -0.05) is 11.8 Å². The second-order valence-electron chi connectivity index (χ2n) is 6.61. The van der Waals surface area contributed by atoms with Gasteiger partial charge in [-0.05, 0) is 32.9 Å². The van der Waals surface area contributed by atoms with E-state index >= 15 is 0 Å². The van der Waals surface area contributed by atoms with Gasteiger partial charge >= 0.3 is 0 Å². The molecule has 0 aliphatic rings. The highest BCUT2D eigenvalue weighted by Gasteiger charge is 2.19. The fourth-order valence-electron chi connectivity index (χ4n) is 2.63. The van der Waals surface area contributed by atoms with Crippen LogP contribution in [0.4, 0.5) is 0 Å². The Morgan fingerprint density at radius 2 is 2.00 bits per heavy atom. The quantitative estimate of drug-likeness (QED) is 0.549. The molecule has 10 heteroatoms. The molecule has 0 bridgehead atoms. The zero-order valence-corrected chi connectivity index (χ0v) is 18.1. The van der Waals surface area contributed by atoms with Crippen LogP contribution in [-0.2, 0) is 20.9 Å². The van der Waals surface area contributed by atoms with E-state index in [0.29, 0.717) is 30.7 Å². The van der Waals surface area contributed by atoms with E-state index in [0.717, 1.165) is 5.56 Å². The molecule has 0 spiro atoms. The topological polar surface area (TPSA) is 102 Å². The predicted molar refractivity (Wildman–Crippen MR) is 111 cm³/mol. The number of methoxy groups -OCH3 is 1. The van der Waals surface area contributed by atoms with Gasteiger partial charge in [-0.25, -0.2) is 0 Å². The van der Waals surface area contributed by atoms with Crippen LogP contribution in [0.1, 0.15) is 20.8 Å². The summed E-state index contributed by atoms with van der Waals surface area (Å²) in [5.41, 5.74) is 0.891. The fourth-order valence-corrected chi connectivity index (χ4v) is 3.50. The number of rotatable bonds is 11. The van der Waals surface area contributed by atoms with Gasteiger partial charge in [0.2, 0.25) is 11.8 Å². The fraction of sp³-hybridized carbons (Fsp3) is 0.526. The van der Waals surface area contributed by atoms with Crippen molar-refractivity contribution in [2.75, 3.05) is 32.6 Å². The molecule has 0 aliphatic carbocycles. The Hall–Kier alpha value is -2.46. The molecule has 0 fully saturated rings. The van der Waals surface area contributed by atoms with Crippen LogP contribution in [0.2, 0.25) is 0 Å².